The van der Waals surface area contributed by atoms with Crippen molar-refractivity contribution in [1.29, 1.82) is 0 Å². The van der Waals surface area contributed by atoms with Crippen LogP contribution in [0.15, 0.2) is 6.33 Å². The first-order valence-corrected chi connectivity index (χ1v) is 13.7. The maximum atomic E-state index is 16.7. The average Bonchev–Trinajstić information content (AvgIpc) is 3.23. The number of anilines is 2. The van der Waals surface area contributed by atoms with E-state index in [-0.39, 0.29) is 29.7 Å². The molecule has 3 rings (SSSR count). The van der Waals surface area contributed by atoms with E-state index in [0.29, 0.717) is 17.0 Å². The molecule has 192 valence electrons. The lowest BCUT2D eigenvalue weighted by Crippen LogP contribution is -2.55. The Morgan fingerprint density at radius 1 is 1.24 bits per heavy atom. The molecule has 0 aliphatic carbocycles. The Hall–Kier alpha value is -1.86. The minimum absolute atomic E-state index is 0.0467. The smallest absolute Gasteiger partial charge is 0.341 e. The first-order valence-electron chi connectivity index (χ1n) is 11.7. The second-order valence-corrected chi connectivity index (χ2v) is 14.3. The van der Waals surface area contributed by atoms with Crippen LogP contribution in [-0.4, -0.2) is 77.6 Å². The van der Waals surface area contributed by atoms with Gasteiger partial charge in [0.15, 0.2) is 28.9 Å². The molecule has 1 aliphatic heterocycles. The summed E-state index contributed by atoms with van der Waals surface area (Å²) in [6.45, 7) is 13.0. The van der Waals surface area contributed by atoms with Gasteiger partial charge in [0.2, 0.25) is 5.95 Å². The molecule has 10 nitrogen and oxygen atoms in total. The van der Waals surface area contributed by atoms with E-state index in [2.05, 4.69) is 15.0 Å². The van der Waals surface area contributed by atoms with Crippen molar-refractivity contribution in [1.82, 2.24) is 19.5 Å². The summed E-state index contributed by atoms with van der Waals surface area (Å²) in [5.74, 6) is 0.569. The summed E-state index contributed by atoms with van der Waals surface area (Å²) in [5.41, 5.74) is 4.47. The van der Waals surface area contributed by atoms with Crippen molar-refractivity contribution >= 4 is 31.5 Å². The third-order valence-corrected chi connectivity index (χ3v) is 10.3. The largest absolute Gasteiger partial charge is 0.410 e. The van der Waals surface area contributed by atoms with Gasteiger partial charge in [0.05, 0.1) is 19.0 Å². The van der Waals surface area contributed by atoms with Crippen LogP contribution >= 0.6 is 0 Å². The van der Waals surface area contributed by atoms with Crippen LogP contribution in [0.3, 0.4) is 0 Å². The van der Waals surface area contributed by atoms with Gasteiger partial charge in [-0.1, -0.05) is 27.7 Å². The van der Waals surface area contributed by atoms with Crippen molar-refractivity contribution < 1.29 is 23.1 Å². The molecular formula is C22H39FN6O4Si. The Bertz CT molecular complexity index is 991. The number of hydrogen-bond donors (Lipinski definition) is 2. The number of nitrogens with zero attached hydrogens (tertiary/aromatic N) is 5. The second kappa shape index (κ2) is 9.65. The van der Waals surface area contributed by atoms with Gasteiger partial charge < -0.3 is 29.3 Å². The maximum absolute atomic E-state index is 16.7. The van der Waals surface area contributed by atoms with Crippen molar-refractivity contribution in [3.05, 3.63) is 6.33 Å². The number of imidazole rings is 1. The number of nitrogen functional groups attached to an aromatic ring is 1. The molecule has 34 heavy (non-hydrogen) atoms. The van der Waals surface area contributed by atoms with Crippen LogP contribution in [0, 0.1) is 0 Å². The highest BCUT2D eigenvalue weighted by molar-refractivity contribution is 6.68. The summed E-state index contributed by atoms with van der Waals surface area (Å²) >= 11 is 0. The molecule has 0 amide bonds. The van der Waals surface area contributed by atoms with Crippen LogP contribution in [0.25, 0.3) is 11.2 Å². The summed E-state index contributed by atoms with van der Waals surface area (Å²) in [7, 11) is 0.325. The van der Waals surface area contributed by atoms with E-state index < -0.39 is 32.7 Å². The molecule has 3 heterocycles. The molecule has 1 saturated heterocycles. The monoisotopic (exact) mass is 498 g/mol. The van der Waals surface area contributed by atoms with Gasteiger partial charge in [-0.3, -0.25) is 4.57 Å². The van der Waals surface area contributed by atoms with E-state index in [0.717, 1.165) is 0 Å². The number of fused-ring (bicyclic) bond motifs is 1. The Morgan fingerprint density at radius 2 is 1.85 bits per heavy atom. The number of rotatable bonds is 9. The van der Waals surface area contributed by atoms with Gasteiger partial charge in [-0.25, -0.2) is 9.37 Å². The lowest BCUT2D eigenvalue weighted by atomic mass is 9.98. The quantitative estimate of drug-likeness (QED) is 0.502. The van der Waals surface area contributed by atoms with Crippen molar-refractivity contribution in [2.45, 2.75) is 89.8 Å². The van der Waals surface area contributed by atoms with Crippen LogP contribution < -0.4 is 10.6 Å². The number of halogens is 1. The van der Waals surface area contributed by atoms with E-state index in [1.54, 1.807) is 4.90 Å². The van der Waals surface area contributed by atoms with E-state index in [9.17, 15) is 4.80 Å². The molecule has 0 aromatic carbocycles. The third-order valence-electron chi connectivity index (χ3n) is 6.34. The predicted octanol–water partition coefficient (Wildman–Crippen LogP) is 3.16. The summed E-state index contributed by atoms with van der Waals surface area (Å²) in [5, 5.41) is 0. The number of nitrogens with two attached hydrogens (primary N) is 1. The zero-order chi connectivity index (χ0) is 25.6. The molecule has 12 heteroatoms. The second-order valence-electron chi connectivity index (χ2n) is 10.3. The Kier molecular flexibility index (Phi) is 7.59. The molecule has 2 aromatic heterocycles. The Balaban J connectivity index is 2.08. The van der Waals surface area contributed by atoms with Crippen LogP contribution in [0.4, 0.5) is 16.2 Å². The van der Waals surface area contributed by atoms with Gasteiger partial charge in [-0.2, -0.15) is 9.97 Å². The van der Waals surface area contributed by atoms with Gasteiger partial charge in [-0.15, -0.1) is 0 Å². The van der Waals surface area contributed by atoms with Gasteiger partial charge >= 0.3 is 8.56 Å². The van der Waals surface area contributed by atoms with Crippen LogP contribution in [0.1, 0.15) is 54.7 Å². The highest BCUT2D eigenvalue weighted by atomic mass is 28.4. The van der Waals surface area contributed by atoms with Gasteiger partial charge in [0, 0.05) is 14.1 Å². The van der Waals surface area contributed by atoms with Crippen molar-refractivity contribution in [2.24, 2.45) is 0 Å². The summed E-state index contributed by atoms with van der Waals surface area (Å²) in [6.07, 6.45) is -1.52. The molecule has 1 aliphatic rings. The fourth-order valence-electron chi connectivity index (χ4n) is 4.36. The minimum Gasteiger partial charge on any atom is -0.410 e. The molecule has 0 unspecified atom stereocenters. The standard InChI is InChI=1S/C22H39FN6O4Si/c1-12(2)31-10-15-17(33-34(30,13(3)4)14(5)6)22(7,23)20(32-15)29-11-25-16-18(28(8)9)26-21(24)27-19(16)29/h11-15,17,20,30H,10H2,1-9H3,(H2,24,26,27)/t15-,17-,20-,22-/m1/s1. The molecule has 0 bridgehead atoms. The summed E-state index contributed by atoms with van der Waals surface area (Å²) in [4.78, 5) is 26.2. The predicted molar refractivity (Wildman–Crippen MR) is 132 cm³/mol. The van der Waals surface area contributed by atoms with E-state index >= 15 is 4.39 Å². The zero-order valence-corrected chi connectivity index (χ0v) is 22.6. The summed E-state index contributed by atoms with van der Waals surface area (Å²) in [6, 6.07) is 0. The number of aromatic nitrogens is 4. The van der Waals surface area contributed by atoms with Gasteiger partial charge in [0.1, 0.15) is 12.2 Å². The average molecular weight is 499 g/mol. The molecule has 2 aromatic rings. The summed E-state index contributed by atoms with van der Waals surface area (Å²) < 4.78 is 36.6. The zero-order valence-electron chi connectivity index (χ0n) is 21.6. The fourth-order valence-corrected chi connectivity index (χ4v) is 7.03. The van der Waals surface area contributed by atoms with Crippen LogP contribution in [0.5, 0.6) is 0 Å². The first kappa shape index (κ1) is 26.7. The van der Waals surface area contributed by atoms with E-state index in [1.807, 2.05) is 55.6 Å². The topological polar surface area (TPSA) is 121 Å². The molecular weight excluding hydrogens is 459 g/mol. The number of alkyl halides is 1. The van der Waals surface area contributed by atoms with Crippen LogP contribution in [-0.2, 0) is 13.9 Å². The highest BCUT2D eigenvalue weighted by Gasteiger charge is 2.60. The molecule has 0 spiro atoms. The number of hydrogen-bond acceptors (Lipinski definition) is 9. The van der Waals surface area contributed by atoms with Crippen molar-refractivity contribution in [3.63, 3.8) is 0 Å². The minimum atomic E-state index is -3.31. The van der Waals surface area contributed by atoms with Gasteiger partial charge in [-0.05, 0) is 31.9 Å². The number of ether oxygens (including phenoxy) is 2. The molecule has 0 saturated carbocycles. The van der Waals surface area contributed by atoms with E-state index in [1.165, 1.54) is 17.8 Å². The lowest BCUT2D eigenvalue weighted by Gasteiger charge is -2.39. The normalized spacial score (nSPS) is 25.9. The highest BCUT2D eigenvalue weighted by Crippen LogP contribution is 2.47. The maximum Gasteiger partial charge on any atom is 0.341 e. The molecule has 3 N–H and O–H groups in total. The SMILES string of the molecule is CC(C)OC[C@H]1O[C@@H](n2cnc3c(N(C)C)nc(N)nc32)[C@](C)(F)[C@@H]1O[Si](O)(C(C)C)C(C)C. The van der Waals surface area contributed by atoms with Crippen molar-refractivity contribution in [3.8, 4) is 0 Å². The van der Waals surface area contributed by atoms with E-state index in [4.69, 9.17) is 19.6 Å². The van der Waals surface area contributed by atoms with Crippen LogP contribution in [0.2, 0.25) is 11.1 Å². The first-order chi connectivity index (χ1) is 15.7. The molecule has 0 radical (unpaired) electrons. The lowest BCUT2D eigenvalue weighted by molar-refractivity contribution is -0.0774. The van der Waals surface area contributed by atoms with Gasteiger partial charge in [0.25, 0.3) is 0 Å². The Morgan fingerprint density at radius 3 is 2.38 bits per heavy atom. The molecule has 1 fully saturated rings. The van der Waals surface area contributed by atoms with Crippen molar-refractivity contribution in [2.75, 3.05) is 31.3 Å². The Labute approximate surface area is 201 Å². The molecule has 4 atom stereocenters. The third kappa shape index (κ3) is 4.78. The fraction of sp³-hybridized carbons (Fsp3) is 0.773.